The molecule has 1 aromatic rings. The number of nitrogens with zero attached hydrogens (tertiary/aromatic N) is 2. The summed E-state index contributed by atoms with van der Waals surface area (Å²) in [7, 11) is 0. The van der Waals surface area contributed by atoms with Crippen LogP contribution in [0.5, 0.6) is 0 Å². The van der Waals surface area contributed by atoms with E-state index in [-0.39, 0.29) is 5.69 Å². The number of carbonyl (C=O) groups excluding carboxylic acids is 1. The van der Waals surface area contributed by atoms with Crippen LogP contribution in [0, 0.1) is 20.8 Å². The third kappa shape index (κ3) is 4.01. The molecule has 0 radical (unpaired) electrons. The van der Waals surface area contributed by atoms with E-state index in [0.29, 0.717) is 17.8 Å². The molecule has 1 rings (SSSR count). The monoisotopic (exact) mass is 279 g/mol. The zero-order valence-corrected chi connectivity index (χ0v) is 12.4. The summed E-state index contributed by atoms with van der Waals surface area (Å²) >= 11 is 0. The first-order chi connectivity index (χ1) is 9.36. The van der Waals surface area contributed by atoms with Gasteiger partial charge in [-0.15, -0.1) is 0 Å². The van der Waals surface area contributed by atoms with Gasteiger partial charge in [0.15, 0.2) is 0 Å². The largest absolute Gasteiger partial charge is 0.480 e. The number of carboxylic acids is 1. The van der Waals surface area contributed by atoms with Crippen LogP contribution >= 0.6 is 0 Å². The van der Waals surface area contributed by atoms with E-state index in [0.717, 1.165) is 18.5 Å². The number of unbranched alkanes of at least 4 members (excludes halogenated alkanes) is 1. The van der Waals surface area contributed by atoms with Crippen molar-refractivity contribution in [2.24, 2.45) is 0 Å². The number of amides is 1. The van der Waals surface area contributed by atoms with Crippen LogP contribution in [0.2, 0.25) is 0 Å². The van der Waals surface area contributed by atoms with Crippen LogP contribution in [0.15, 0.2) is 0 Å². The predicted molar refractivity (Wildman–Crippen MR) is 74.7 cm³/mol. The van der Waals surface area contributed by atoms with Gasteiger partial charge in [-0.3, -0.25) is 9.78 Å². The van der Waals surface area contributed by atoms with Crippen molar-refractivity contribution in [3.8, 4) is 0 Å². The lowest BCUT2D eigenvalue weighted by Crippen LogP contribution is -2.41. The first kappa shape index (κ1) is 16.1. The van der Waals surface area contributed by atoms with Crippen LogP contribution in [0.1, 0.15) is 53.8 Å². The minimum atomic E-state index is -1.03. The van der Waals surface area contributed by atoms with Crippen molar-refractivity contribution in [3.05, 3.63) is 22.8 Å². The molecule has 6 nitrogen and oxygen atoms in total. The lowest BCUT2D eigenvalue weighted by Gasteiger charge is -2.15. The number of rotatable bonds is 6. The maximum absolute atomic E-state index is 12.1. The van der Waals surface area contributed by atoms with Crippen molar-refractivity contribution in [1.82, 2.24) is 15.3 Å². The van der Waals surface area contributed by atoms with Gasteiger partial charge in [0.2, 0.25) is 0 Å². The number of aryl methyl sites for hydroxylation is 3. The molecule has 1 unspecified atom stereocenters. The highest BCUT2D eigenvalue weighted by molar-refractivity contribution is 5.95. The van der Waals surface area contributed by atoms with Gasteiger partial charge in [-0.1, -0.05) is 19.8 Å². The smallest absolute Gasteiger partial charge is 0.326 e. The van der Waals surface area contributed by atoms with Gasteiger partial charge >= 0.3 is 5.97 Å². The molecule has 6 heteroatoms. The lowest BCUT2D eigenvalue weighted by molar-refractivity contribution is -0.139. The van der Waals surface area contributed by atoms with Gasteiger partial charge in [-0.25, -0.2) is 9.78 Å². The predicted octanol–water partition coefficient (Wildman–Crippen LogP) is 1.78. The Morgan fingerprint density at radius 2 is 1.75 bits per heavy atom. The summed E-state index contributed by atoms with van der Waals surface area (Å²) in [5, 5.41) is 11.6. The van der Waals surface area contributed by atoms with E-state index in [4.69, 9.17) is 5.11 Å². The van der Waals surface area contributed by atoms with Crippen LogP contribution in [0.25, 0.3) is 0 Å². The highest BCUT2D eigenvalue weighted by Crippen LogP contribution is 2.08. The Hall–Kier alpha value is -1.98. The highest BCUT2D eigenvalue weighted by atomic mass is 16.4. The van der Waals surface area contributed by atoms with Crippen molar-refractivity contribution >= 4 is 11.9 Å². The molecule has 2 N–H and O–H groups in total. The average molecular weight is 279 g/mol. The number of aliphatic carboxylic acids is 1. The van der Waals surface area contributed by atoms with Gasteiger partial charge in [0.05, 0.1) is 17.1 Å². The number of aromatic nitrogens is 2. The number of carboxylic acid groups (broad SMARTS) is 1. The van der Waals surface area contributed by atoms with Crippen LogP contribution in [-0.2, 0) is 4.79 Å². The fourth-order valence-electron chi connectivity index (χ4n) is 1.82. The maximum Gasteiger partial charge on any atom is 0.326 e. The van der Waals surface area contributed by atoms with Crippen molar-refractivity contribution in [1.29, 1.82) is 0 Å². The molecule has 1 atom stereocenters. The Bertz CT molecular complexity index is 515. The third-order valence-electron chi connectivity index (χ3n) is 3.15. The second kappa shape index (κ2) is 6.98. The van der Waals surface area contributed by atoms with Crippen molar-refractivity contribution in [2.45, 2.75) is 53.0 Å². The zero-order valence-electron chi connectivity index (χ0n) is 12.4. The molecule has 1 aromatic heterocycles. The quantitative estimate of drug-likeness (QED) is 0.828. The molecule has 0 saturated heterocycles. The number of hydrogen-bond acceptors (Lipinski definition) is 4. The van der Waals surface area contributed by atoms with Crippen molar-refractivity contribution in [2.75, 3.05) is 0 Å². The number of nitrogens with one attached hydrogen (secondary N) is 1. The van der Waals surface area contributed by atoms with Crippen LogP contribution < -0.4 is 5.32 Å². The summed E-state index contributed by atoms with van der Waals surface area (Å²) in [6.07, 6.45) is 2.03. The molecular weight excluding hydrogens is 258 g/mol. The molecule has 20 heavy (non-hydrogen) atoms. The van der Waals surface area contributed by atoms with E-state index >= 15 is 0 Å². The zero-order chi connectivity index (χ0) is 15.3. The SMILES string of the molecule is CCCCC(NC(=O)c1nc(C)c(C)nc1C)C(=O)O. The summed E-state index contributed by atoms with van der Waals surface area (Å²) in [5.74, 6) is -1.51. The summed E-state index contributed by atoms with van der Waals surface area (Å²) in [4.78, 5) is 31.7. The topological polar surface area (TPSA) is 92.2 Å². The molecule has 1 amide bonds. The minimum Gasteiger partial charge on any atom is -0.480 e. The highest BCUT2D eigenvalue weighted by Gasteiger charge is 2.22. The van der Waals surface area contributed by atoms with Gasteiger partial charge in [0.25, 0.3) is 5.91 Å². The summed E-state index contributed by atoms with van der Waals surface area (Å²) in [6.45, 7) is 7.25. The van der Waals surface area contributed by atoms with E-state index in [9.17, 15) is 9.59 Å². The summed E-state index contributed by atoms with van der Waals surface area (Å²) in [6, 6.07) is -0.884. The molecule has 0 aliphatic rings. The molecule has 0 aliphatic carbocycles. The fourth-order valence-corrected chi connectivity index (χ4v) is 1.82. The first-order valence-corrected chi connectivity index (χ1v) is 6.72. The van der Waals surface area contributed by atoms with E-state index in [2.05, 4.69) is 15.3 Å². The summed E-state index contributed by atoms with van der Waals surface area (Å²) < 4.78 is 0. The van der Waals surface area contributed by atoms with Crippen LogP contribution in [0.4, 0.5) is 0 Å². The number of carbonyl (C=O) groups is 2. The van der Waals surface area contributed by atoms with Gasteiger partial charge in [-0.05, 0) is 27.2 Å². The Morgan fingerprint density at radius 3 is 2.30 bits per heavy atom. The second-order valence-corrected chi connectivity index (χ2v) is 4.83. The standard InChI is InChI=1S/C14H21N3O3/c1-5-6-7-11(14(19)20)17-13(18)12-10(4)15-8(2)9(3)16-12/h11H,5-7H2,1-4H3,(H,17,18)(H,19,20). The summed E-state index contributed by atoms with van der Waals surface area (Å²) in [5.41, 5.74) is 2.13. The normalized spacial score (nSPS) is 12.0. The Balaban J connectivity index is 2.89. The fraction of sp³-hybridized carbons (Fsp3) is 0.571. The van der Waals surface area contributed by atoms with Crippen molar-refractivity contribution < 1.29 is 14.7 Å². The second-order valence-electron chi connectivity index (χ2n) is 4.83. The molecule has 1 heterocycles. The Morgan fingerprint density at radius 1 is 1.15 bits per heavy atom. The Kier molecular flexibility index (Phi) is 5.61. The molecule has 0 aromatic carbocycles. The molecule has 110 valence electrons. The minimum absolute atomic E-state index is 0.191. The van der Waals surface area contributed by atoms with E-state index < -0.39 is 17.9 Å². The van der Waals surface area contributed by atoms with Gasteiger partial charge in [0.1, 0.15) is 11.7 Å². The van der Waals surface area contributed by atoms with Gasteiger partial charge in [-0.2, -0.15) is 0 Å². The molecular formula is C14H21N3O3. The molecule has 0 aliphatic heterocycles. The molecule has 0 spiro atoms. The van der Waals surface area contributed by atoms with E-state index in [1.165, 1.54) is 0 Å². The van der Waals surface area contributed by atoms with Crippen molar-refractivity contribution in [3.63, 3.8) is 0 Å². The van der Waals surface area contributed by atoms with Gasteiger partial charge in [0, 0.05) is 0 Å². The van der Waals surface area contributed by atoms with E-state index in [1.807, 2.05) is 13.8 Å². The third-order valence-corrected chi connectivity index (χ3v) is 3.15. The average Bonchev–Trinajstić information content (AvgIpc) is 2.38. The lowest BCUT2D eigenvalue weighted by atomic mass is 10.1. The van der Waals surface area contributed by atoms with Crippen LogP contribution in [0.3, 0.4) is 0 Å². The van der Waals surface area contributed by atoms with Gasteiger partial charge < -0.3 is 10.4 Å². The molecule has 0 bridgehead atoms. The Labute approximate surface area is 118 Å². The van der Waals surface area contributed by atoms with Crippen LogP contribution in [-0.4, -0.2) is 33.0 Å². The molecule has 0 fully saturated rings. The molecule has 0 saturated carbocycles. The van der Waals surface area contributed by atoms with E-state index in [1.54, 1.807) is 13.8 Å². The maximum atomic E-state index is 12.1. The first-order valence-electron chi connectivity index (χ1n) is 6.72. The number of hydrogen-bond donors (Lipinski definition) is 2.